The van der Waals surface area contributed by atoms with Crippen molar-refractivity contribution in [2.45, 2.75) is 77.5 Å². The summed E-state index contributed by atoms with van der Waals surface area (Å²) in [6, 6.07) is -4.28. The van der Waals surface area contributed by atoms with Gasteiger partial charge in [-0.05, 0) is 24.7 Å². The Labute approximate surface area is 194 Å². The molecular formula is C20H37N5O6S. The molecule has 5 atom stereocenters. The zero-order valence-corrected chi connectivity index (χ0v) is 20.0. The predicted molar refractivity (Wildman–Crippen MR) is 123 cm³/mol. The second-order valence-corrected chi connectivity index (χ2v) is 8.62. The lowest BCUT2D eigenvalue weighted by molar-refractivity contribution is -0.143. The lowest BCUT2D eigenvalue weighted by Crippen LogP contribution is -2.59. The van der Waals surface area contributed by atoms with Gasteiger partial charge in [-0.1, -0.05) is 34.1 Å². The normalized spacial score (nSPS) is 15.7. The first-order chi connectivity index (χ1) is 14.8. The van der Waals surface area contributed by atoms with Crippen LogP contribution in [0.2, 0.25) is 0 Å². The fourth-order valence-electron chi connectivity index (χ4n) is 2.83. The number of carbonyl (C=O) groups is 5. The van der Waals surface area contributed by atoms with Gasteiger partial charge in [-0.25, -0.2) is 4.79 Å². The first-order valence-corrected chi connectivity index (χ1v) is 11.3. The van der Waals surface area contributed by atoms with Crippen molar-refractivity contribution in [1.82, 2.24) is 16.0 Å². The number of aliphatic carboxylic acids is 1. The number of carboxylic acid groups (broad SMARTS) is 1. The summed E-state index contributed by atoms with van der Waals surface area (Å²) in [4.78, 5) is 60.6. The van der Waals surface area contributed by atoms with Crippen molar-refractivity contribution in [3.05, 3.63) is 0 Å². The molecule has 0 saturated carbocycles. The fraction of sp³-hybridized carbons (Fsp3) is 0.750. The Bertz CT molecular complexity index is 675. The van der Waals surface area contributed by atoms with Gasteiger partial charge in [-0.2, -0.15) is 12.6 Å². The van der Waals surface area contributed by atoms with Gasteiger partial charge in [0.1, 0.15) is 18.1 Å². The molecule has 0 spiro atoms. The fourth-order valence-corrected chi connectivity index (χ4v) is 2.99. The lowest BCUT2D eigenvalue weighted by Gasteiger charge is -2.28. The Morgan fingerprint density at radius 1 is 0.938 bits per heavy atom. The van der Waals surface area contributed by atoms with E-state index >= 15 is 0 Å². The minimum Gasteiger partial charge on any atom is -0.480 e. The summed E-state index contributed by atoms with van der Waals surface area (Å²) in [6.07, 6.45) is 0.473. The molecule has 8 N–H and O–H groups in total. The summed E-state index contributed by atoms with van der Waals surface area (Å²) in [5, 5.41) is 16.9. The molecule has 0 saturated heterocycles. The van der Waals surface area contributed by atoms with Gasteiger partial charge in [0.25, 0.3) is 0 Å². The maximum Gasteiger partial charge on any atom is 0.326 e. The third-order valence-corrected chi connectivity index (χ3v) is 5.35. The first kappa shape index (κ1) is 29.7. The Kier molecular flexibility index (Phi) is 13.6. The summed E-state index contributed by atoms with van der Waals surface area (Å²) >= 11 is 3.95. The highest BCUT2D eigenvalue weighted by molar-refractivity contribution is 7.80. The third kappa shape index (κ3) is 10.8. The number of carboxylic acids is 1. The number of hydrogen-bond donors (Lipinski definition) is 7. The molecule has 0 fully saturated rings. The van der Waals surface area contributed by atoms with Gasteiger partial charge in [-0.15, -0.1) is 0 Å². The quantitative estimate of drug-likeness (QED) is 0.150. The van der Waals surface area contributed by atoms with Crippen molar-refractivity contribution >= 4 is 42.2 Å². The maximum atomic E-state index is 12.9. The highest BCUT2D eigenvalue weighted by Gasteiger charge is 2.32. The summed E-state index contributed by atoms with van der Waals surface area (Å²) < 4.78 is 0. The number of thiol groups is 1. The highest BCUT2D eigenvalue weighted by atomic mass is 32.1. The lowest BCUT2D eigenvalue weighted by atomic mass is 9.96. The smallest absolute Gasteiger partial charge is 0.326 e. The van der Waals surface area contributed by atoms with Gasteiger partial charge >= 0.3 is 5.97 Å². The second-order valence-electron chi connectivity index (χ2n) is 8.26. The zero-order chi connectivity index (χ0) is 25.0. The number of rotatable bonds is 15. The summed E-state index contributed by atoms with van der Waals surface area (Å²) in [6.45, 7) is 7.21. The van der Waals surface area contributed by atoms with Crippen LogP contribution < -0.4 is 27.4 Å². The minimum atomic E-state index is -1.17. The molecule has 0 bridgehead atoms. The molecule has 0 aliphatic carbocycles. The van der Waals surface area contributed by atoms with E-state index in [1.54, 1.807) is 6.92 Å². The van der Waals surface area contributed by atoms with Gasteiger partial charge in [0.2, 0.25) is 23.6 Å². The molecule has 0 aromatic heterocycles. The first-order valence-electron chi connectivity index (χ1n) is 10.6. The van der Waals surface area contributed by atoms with Crippen LogP contribution in [0.5, 0.6) is 0 Å². The third-order valence-electron chi connectivity index (χ3n) is 4.96. The van der Waals surface area contributed by atoms with E-state index in [4.69, 9.17) is 11.5 Å². The highest BCUT2D eigenvalue weighted by Crippen LogP contribution is 2.12. The summed E-state index contributed by atoms with van der Waals surface area (Å²) in [5.74, 6) is -4.09. The number of carbonyl (C=O) groups excluding carboxylic acids is 4. The van der Waals surface area contributed by atoms with Crippen LogP contribution in [-0.4, -0.2) is 64.6 Å². The van der Waals surface area contributed by atoms with Crippen LogP contribution in [0.4, 0.5) is 0 Å². The summed E-state index contributed by atoms with van der Waals surface area (Å²) in [7, 11) is 0. The van der Waals surface area contributed by atoms with E-state index in [1.807, 2.05) is 20.8 Å². The average molecular weight is 476 g/mol. The van der Waals surface area contributed by atoms with E-state index in [-0.39, 0.29) is 36.9 Å². The maximum absolute atomic E-state index is 12.9. The molecule has 32 heavy (non-hydrogen) atoms. The van der Waals surface area contributed by atoms with Gasteiger partial charge in [0.05, 0.1) is 6.04 Å². The van der Waals surface area contributed by atoms with E-state index in [9.17, 15) is 29.1 Å². The van der Waals surface area contributed by atoms with Crippen molar-refractivity contribution in [3.63, 3.8) is 0 Å². The minimum absolute atomic E-state index is 0.0254. The van der Waals surface area contributed by atoms with E-state index in [0.29, 0.717) is 6.42 Å². The van der Waals surface area contributed by atoms with Crippen LogP contribution in [0.1, 0.15) is 53.4 Å². The van der Waals surface area contributed by atoms with Crippen molar-refractivity contribution in [3.8, 4) is 0 Å². The van der Waals surface area contributed by atoms with Crippen LogP contribution >= 0.6 is 12.6 Å². The van der Waals surface area contributed by atoms with Crippen LogP contribution in [0.3, 0.4) is 0 Å². The van der Waals surface area contributed by atoms with Crippen molar-refractivity contribution < 1.29 is 29.1 Å². The van der Waals surface area contributed by atoms with Gasteiger partial charge in [0.15, 0.2) is 0 Å². The molecule has 0 radical (unpaired) electrons. The number of nitrogens with one attached hydrogen (secondary N) is 3. The molecule has 12 heteroatoms. The Morgan fingerprint density at radius 2 is 1.50 bits per heavy atom. The monoisotopic (exact) mass is 475 g/mol. The van der Waals surface area contributed by atoms with E-state index in [2.05, 4.69) is 28.6 Å². The molecule has 0 rings (SSSR count). The van der Waals surface area contributed by atoms with Crippen LogP contribution in [0.15, 0.2) is 0 Å². The van der Waals surface area contributed by atoms with E-state index in [1.165, 1.54) is 0 Å². The standard InChI is InChI=1S/C20H37N5O6S/c1-5-11(4)16(19(29)24-14(20(30)31)8-10(2)3)25-18(28)13(6-7-15(22)26)23-17(27)12(21)9-32/h10-14,16,32H,5-9,21H2,1-4H3,(H2,22,26)(H,23,27)(H,24,29)(H,25,28)(H,30,31). The van der Waals surface area contributed by atoms with Crippen molar-refractivity contribution in [1.29, 1.82) is 0 Å². The SMILES string of the molecule is CCC(C)C(NC(=O)C(CCC(N)=O)NC(=O)C(N)CS)C(=O)NC(CC(C)C)C(=O)O. The molecular weight excluding hydrogens is 438 g/mol. The van der Waals surface area contributed by atoms with Gasteiger partial charge < -0.3 is 32.5 Å². The molecule has 0 aromatic carbocycles. The Balaban J connectivity index is 5.57. The summed E-state index contributed by atoms with van der Waals surface area (Å²) in [5.41, 5.74) is 10.8. The largest absolute Gasteiger partial charge is 0.480 e. The molecule has 11 nitrogen and oxygen atoms in total. The Hall–Kier alpha value is -2.34. The number of nitrogens with two attached hydrogens (primary N) is 2. The van der Waals surface area contributed by atoms with E-state index in [0.717, 1.165) is 0 Å². The number of primary amides is 1. The average Bonchev–Trinajstić information content (AvgIpc) is 2.71. The molecule has 4 amide bonds. The van der Waals surface area contributed by atoms with Gasteiger partial charge in [-0.3, -0.25) is 19.2 Å². The Morgan fingerprint density at radius 3 is 1.94 bits per heavy atom. The van der Waals surface area contributed by atoms with Crippen LogP contribution in [0.25, 0.3) is 0 Å². The molecule has 184 valence electrons. The van der Waals surface area contributed by atoms with Crippen molar-refractivity contribution in [2.75, 3.05) is 5.75 Å². The van der Waals surface area contributed by atoms with Gasteiger partial charge in [0, 0.05) is 12.2 Å². The molecule has 0 heterocycles. The molecule has 5 unspecified atom stereocenters. The van der Waals surface area contributed by atoms with Crippen molar-refractivity contribution in [2.24, 2.45) is 23.3 Å². The van der Waals surface area contributed by atoms with E-state index < -0.39 is 53.8 Å². The van der Waals surface area contributed by atoms with Crippen LogP contribution in [-0.2, 0) is 24.0 Å². The predicted octanol–water partition coefficient (Wildman–Crippen LogP) is -0.860. The topological polar surface area (TPSA) is 194 Å². The zero-order valence-electron chi connectivity index (χ0n) is 19.1. The molecule has 0 aromatic rings. The second kappa shape index (κ2) is 14.7. The molecule has 0 aliphatic heterocycles. The number of hydrogen-bond acceptors (Lipinski definition) is 7. The molecule has 0 aliphatic rings. The number of amides is 4. The van der Waals surface area contributed by atoms with Crippen LogP contribution in [0, 0.1) is 11.8 Å².